The Hall–Kier alpha value is 4.08. The summed E-state index contributed by atoms with van der Waals surface area (Å²) in [7, 11) is 0. The van der Waals surface area contributed by atoms with E-state index in [0.29, 0.717) is 0 Å². The summed E-state index contributed by atoms with van der Waals surface area (Å²) in [5, 5.41) is 0. The van der Waals surface area contributed by atoms with E-state index in [0.717, 1.165) is 0 Å². The first-order valence-electron chi connectivity index (χ1n) is 0. The second-order valence-electron chi connectivity index (χ2n) is 0. The van der Waals surface area contributed by atoms with Crippen LogP contribution in [-0.2, 0) is 58.9 Å². The van der Waals surface area contributed by atoms with E-state index in [1.54, 1.807) is 0 Å². The smallest absolute Gasteiger partial charge is 0 e. The minimum Gasteiger partial charge on any atom is 0 e. The van der Waals surface area contributed by atoms with Gasteiger partial charge in [0.25, 0.3) is 0 Å². The fourth-order valence-corrected chi connectivity index (χ4v) is 0. The molecule has 0 N–H and O–H groups in total. The Morgan fingerprint density at radius 3 is 1.00 bits per heavy atom. The molecule has 0 bridgehead atoms. The van der Waals surface area contributed by atoms with Gasteiger partial charge in [0.05, 0.1) is 0 Å². The monoisotopic (exact) mass is 363 g/mol. The topological polar surface area (TPSA) is 0 Å². The number of rotatable bonds is 0. The summed E-state index contributed by atoms with van der Waals surface area (Å²) in [4.78, 5) is 0. The van der Waals surface area contributed by atoms with Crippen LogP contribution in [-0.4, -0.2) is 23.1 Å². The minimum atomic E-state index is 0. The van der Waals surface area contributed by atoms with Crippen molar-refractivity contribution in [3.05, 3.63) is 0 Å². The fraction of sp³-hybridized carbons (Fsp3) is 0. The molecule has 0 atom stereocenters. The zero-order chi connectivity index (χ0) is 0. The van der Waals surface area contributed by atoms with E-state index in [1.807, 2.05) is 0 Å². The van der Waals surface area contributed by atoms with Crippen molar-refractivity contribution < 1.29 is 98.9 Å². The summed E-state index contributed by atoms with van der Waals surface area (Å²) < 4.78 is 0. The van der Waals surface area contributed by atoms with Crippen LogP contribution in [0.4, 0.5) is 0 Å². The van der Waals surface area contributed by atoms with E-state index in [4.69, 9.17) is 0 Å². The van der Waals surface area contributed by atoms with Crippen LogP contribution >= 0.6 is 0 Å². The maximum atomic E-state index is 0. The van der Waals surface area contributed by atoms with Crippen molar-refractivity contribution in [2.24, 2.45) is 0 Å². The second kappa shape index (κ2) is 15.7. The average Bonchev–Trinajstić information content (AvgIpc) is 0. The van der Waals surface area contributed by atoms with Crippen LogP contribution in [0.2, 0.25) is 0 Å². The van der Waals surface area contributed by atoms with Gasteiger partial charge in [0.15, 0.2) is 0 Å². The predicted molar refractivity (Wildman–Crippen MR) is 8.54 cm³/mol. The van der Waals surface area contributed by atoms with Crippen LogP contribution in [0, 0.1) is 39.9 Å². The predicted octanol–water partition coefficient (Wildman–Crippen LogP) is -0.921. The Kier molecular flexibility index (Phi) is 95.7. The van der Waals surface area contributed by atoms with E-state index >= 15 is 0 Å². The number of hydrogen-bond donors (Lipinski definition) is 0. The molecule has 0 aromatic carbocycles. The first-order chi connectivity index (χ1) is 0. The summed E-state index contributed by atoms with van der Waals surface area (Å²) in [5.74, 6) is 0. The van der Waals surface area contributed by atoms with Crippen molar-refractivity contribution >= 4 is 23.1 Å². The van der Waals surface area contributed by atoms with Gasteiger partial charge in [-0.25, -0.2) is 0 Å². The van der Waals surface area contributed by atoms with Crippen molar-refractivity contribution in [3.8, 4) is 0 Å². The molecule has 0 nitrogen and oxygen atoms in total. The summed E-state index contributed by atoms with van der Waals surface area (Å²) in [6.07, 6.45) is 0. The van der Waals surface area contributed by atoms with Gasteiger partial charge in [-0.1, -0.05) is 0 Å². The van der Waals surface area contributed by atoms with Gasteiger partial charge in [-0.15, -0.1) is 0 Å². The van der Waals surface area contributed by atoms with Crippen LogP contribution in [0.5, 0.6) is 0 Å². The molecule has 4 heavy (non-hydrogen) atoms. The molecular formula is H2GdMgYZr. The standard InChI is InChI=1S/Gd.Mg.Y.Zr.2H. The van der Waals surface area contributed by atoms with Gasteiger partial charge in [-0.05, 0) is 0 Å². The summed E-state index contributed by atoms with van der Waals surface area (Å²) in [5.41, 5.74) is 0. The molecule has 0 saturated heterocycles. The molecule has 0 spiro atoms. The average molecular weight is 364 g/mol. The Morgan fingerprint density at radius 2 is 1.00 bits per heavy atom. The van der Waals surface area contributed by atoms with Gasteiger partial charge in [-0.3, -0.25) is 0 Å². The third-order valence-electron chi connectivity index (χ3n) is 0. The van der Waals surface area contributed by atoms with Crippen LogP contribution in [0.25, 0.3) is 0 Å². The van der Waals surface area contributed by atoms with Gasteiger partial charge in [-0.2, -0.15) is 0 Å². The summed E-state index contributed by atoms with van der Waals surface area (Å²) in [6.45, 7) is 0. The normalized spacial score (nSPS) is 0. The van der Waals surface area contributed by atoms with Crippen molar-refractivity contribution in [1.29, 1.82) is 0 Å². The van der Waals surface area contributed by atoms with Crippen molar-refractivity contribution in [2.75, 3.05) is 0 Å². The first-order valence-corrected chi connectivity index (χ1v) is 0. The second-order valence-corrected chi connectivity index (χ2v) is 0. The maximum absolute atomic E-state index is 0. The van der Waals surface area contributed by atoms with E-state index in [-0.39, 0.29) is 122 Å². The van der Waals surface area contributed by atoms with Crippen molar-refractivity contribution in [1.82, 2.24) is 0 Å². The summed E-state index contributed by atoms with van der Waals surface area (Å²) >= 11 is 0. The first kappa shape index (κ1) is 24.3. The van der Waals surface area contributed by atoms with E-state index in [1.165, 1.54) is 0 Å². The van der Waals surface area contributed by atoms with E-state index < -0.39 is 0 Å². The molecule has 0 fully saturated rings. The molecule has 0 aromatic rings. The van der Waals surface area contributed by atoms with Crippen LogP contribution in [0.1, 0.15) is 0 Å². The molecule has 0 saturated carbocycles. The quantitative estimate of drug-likeness (QED) is 0.488. The van der Waals surface area contributed by atoms with Gasteiger partial charge in [0.2, 0.25) is 0 Å². The third-order valence-corrected chi connectivity index (χ3v) is 0. The molecule has 0 rings (SSSR count). The van der Waals surface area contributed by atoms with Crippen LogP contribution in [0.3, 0.4) is 0 Å². The van der Waals surface area contributed by atoms with Gasteiger partial charge in [0, 0.05) is 98.9 Å². The largest absolute Gasteiger partial charge is 0.316 e. The number of hydrogen-bond acceptors (Lipinski definition) is 0. The zero-order valence-corrected chi connectivity index (χ0v) is 9.00. The zero-order valence-electron chi connectivity index (χ0n) is 1.43. The molecule has 0 aliphatic rings. The molecule has 4 heteroatoms. The molecule has 0 aromatic heterocycles. The van der Waals surface area contributed by atoms with Crippen molar-refractivity contribution in [3.63, 3.8) is 0 Å². The third kappa shape index (κ3) is 9.42. The molecule has 0 aliphatic carbocycles. The summed E-state index contributed by atoms with van der Waals surface area (Å²) in [6, 6.07) is 0. The SMILES string of the molecule is [Gd].[MgH2].[Y].[Zr]. The van der Waals surface area contributed by atoms with Gasteiger partial charge < -0.3 is 0 Å². The molecule has 0 heterocycles. The van der Waals surface area contributed by atoms with Crippen molar-refractivity contribution in [2.45, 2.75) is 0 Å². The molecule has 0 aliphatic heterocycles. The molecule has 0 amide bonds. The van der Waals surface area contributed by atoms with Crippen LogP contribution in [0.15, 0.2) is 0 Å². The van der Waals surface area contributed by atoms with E-state index in [2.05, 4.69) is 0 Å². The van der Waals surface area contributed by atoms with Gasteiger partial charge >= 0.3 is 23.1 Å². The molecule has 0 unspecified atom stereocenters. The van der Waals surface area contributed by atoms with Crippen LogP contribution < -0.4 is 0 Å². The molecule has 19 valence electrons. The minimum absolute atomic E-state index is 0. The Bertz CT molecular complexity index is 8.00. The Balaban J connectivity index is 0. The fourth-order valence-electron chi connectivity index (χ4n) is 0. The van der Waals surface area contributed by atoms with Gasteiger partial charge in [0.1, 0.15) is 0 Å². The maximum Gasteiger partial charge on any atom is 0.316 e. The Morgan fingerprint density at radius 1 is 1.00 bits per heavy atom. The molecular weight excluding hydrogens is 362 g/mol. The Labute approximate surface area is 118 Å². The molecule has 1 radical (unpaired) electrons. The van der Waals surface area contributed by atoms with E-state index in [9.17, 15) is 0 Å².